The maximum absolute atomic E-state index is 12.0. The molecule has 0 aliphatic rings. The fourth-order valence-electron chi connectivity index (χ4n) is 1.36. The highest BCUT2D eigenvalue weighted by Gasteiger charge is 2.22. The monoisotopic (exact) mass is 290 g/mol. The topological polar surface area (TPSA) is 55.1 Å². The minimum Gasteiger partial charge on any atom is -0.392 e. The van der Waals surface area contributed by atoms with Crippen molar-refractivity contribution < 1.29 is 4.79 Å². The smallest absolute Gasteiger partial charge is 0.263 e. The molecule has 1 atom stereocenters. The summed E-state index contributed by atoms with van der Waals surface area (Å²) in [5.74, 6) is -0.0733. The highest BCUT2D eigenvalue weighted by atomic mass is 35.5. The van der Waals surface area contributed by atoms with Gasteiger partial charge in [-0.1, -0.05) is 37.7 Å². The summed E-state index contributed by atoms with van der Waals surface area (Å²) in [4.78, 5) is 12.8. The van der Waals surface area contributed by atoms with Gasteiger partial charge in [0.05, 0.1) is 16.1 Å². The van der Waals surface area contributed by atoms with Crippen LogP contribution in [0, 0.1) is 12.8 Å². The molecule has 3 N–H and O–H groups in total. The number of halogens is 1. The van der Waals surface area contributed by atoms with Crippen molar-refractivity contribution in [2.75, 3.05) is 0 Å². The molecule has 1 aromatic heterocycles. The van der Waals surface area contributed by atoms with E-state index in [0.717, 1.165) is 5.56 Å². The van der Waals surface area contributed by atoms with Gasteiger partial charge in [-0.25, -0.2) is 0 Å². The maximum Gasteiger partial charge on any atom is 0.263 e. The molecule has 0 aromatic carbocycles. The lowest BCUT2D eigenvalue weighted by Gasteiger charge is -2.20. The van der Waals surface area contributed by atoms with E-state index in [2.05, 4.69) is 5.32 Å². The lowest BCUT2D eigenvalue weighted by atomic mass is 10.0. The molecule has 1 aromatic rings. The molecule has 0 saturated heterocycles. The molecule has 94 valence electrons. The average molecular weight is 291 g/mol. The number of rotatable bonds is 4. The van der Waals surface area contributed by atoms with Crippen LogP contribution in [-0.2, 0) is 0 Å². The van der Waals surface area contributed by atoms with Gasteiger partial charge in [-0.3, -0.25) is 4.79 Å². The second-order valence-electron chi connectivity index (χ2n) is 4.16. The fraction of sp³-hybridized carbons (Fsp3) is 0.455. The van der Waals surface area contributed by atoms with Gasteiger partial charge < -0.3 is 11.1 Å². The van der Waals surface area contributed by atoms with Crippen LogP contribution >= 0.6 is 35.2 Å². The molecule has 6 heteroatoms. The highest BCUT2D eigenvalue weighted by molar-refractivity contribution is 7.80. The SMILES string of the molecule is Cc1csc(C(=O)NC(C(N)=S)C(C)C)c1Cl. The predicted molar refractivity (Wildman–Crippen MR) is 76.9 cm³/mol. The maximum atomic E-state index is 12.0. The molecule has 0 aliphatic heterocycles. The zero-order chi connectivity index (χ0) is 13.2. The van der Waals surface area contributed by atoms with E-state index in [-0.39, 0.29) is 22.9 Å². The summed E-state index contributed by atoms with van der Waals surface area (Å²) in [6, 6.07) is -0.309. The number of hydrogen-bond donors (Lipinski definition) is 2. The third-order valence-corrected chi connectivity index (χ3v) is 4.31. The molecule has 1 unspecified atom stereocenters. The number of carbonyl (C=O) groups is 1. The number of thiophene rings is 1. The first kappa shape index (κ1) is 14.4. The van der Waals surface area contributed by atoms with E-state index >= 15 is 0 Å². The van der Waals surface area contributed by atoms with E-state index in [0.29, 0.717) is 9.90 Å². The Morgan fingerprint density at radius 2 is 2.18 bits per heavy atom. The Balaban J connectivity index is 2.85. The number of nitrogens with two attached hydrogens (primary N) is 1. The summed E-state index contributed by atoms with van der Waals surface area (Å²) >= 11 is 12.3. The Hall–Kier alpha value is -0.650. The molecule has 0 radical (unpaired) electrons. The van der Waals surface area contributed by atoms with Crippen molar-refractivity contribution in [2.45, 2.75) is 26.8 Å². The predicted octanol–water partition coefficient (Wildman–Crippen LogP) is 2.75. The summed E-state index contributed by atoms with van der Waals surface area (Å²) in [7, 11) is 0. The first-order chi connectivity index (χ1) is 7.84. The first-order valence-corrected chi connectivity index (χ1v) is 6.85. The van der Waals surface area contributed by atoms with Crippen molar-refractivity contribution in [2.24, 2.45) is 11.7 Å². The molecule has 1 rings (SSSR count). The molecular weight excluding hydrogens is 276 g/mol. The Morgan fingerprint density at radius 3 is 2.53 bits per heavy atom. The Morgan fingerprint density at radius 1 is 1.59 bits per heavy atom. The lowest BCUT2D eigenvalue weighted by Crippen LogP contribution is -2.46. The number of carbonyl (C=O) groups excluding carboxylic acids is 1. The van der Waals surface area contributed by atoms with Crippen LogP contribution in [0.1, 0.15) is 29.1 Å². The number of nitrogens with one attached hydrogen (secondary N) is 1. The molecule has 0 aliphatic carbocycles. The van der Waals surface area contributed by atoms with Crippen molar-refractivity contribution in [1.82, 2.24) is 5.32 Å². The van der Waals surface area contributed by atoms with E-state index in [1.165, 1.54) is 11.3 Å². The van der Waals surface area contributed by atoms with E-state index in [9.17, 15) is 4.79 Å². The van der Waals surface area contributed by atoms with Gasteiger partial charge in [0.2, 0.25) is 0 Å². The Bertz CT molecular complexity index is 443. The van der Waals surface area contributed by atoms with Crippen molar-refractivity contribution in [3.63, 3.8) is 0 Å². The molecule has 0 spiro atoms. The minimum atomic E-state index is -0.309. The standard InChI is InChI=1S/C11H15ClN2OS2/c1-5(2)8(10(13)16)14-11(15)9-7(12)6(3)4-17-9/h4-5,8H,1-3H3,(H2,13,16)(H,14,15). The van der Waals surface area contributed by atoms with Crippen LogP contribution in [0.2, 0.25) is 5.02 Å². The normalized spacial score (nSPS) is 12.5. The zero-order valence-corrected chi connectivity index (χ0v) is 12.3. The number of hydrogen-bond acceptors (Lipinski definition) is 3. The van der Waals surface area contributed by atoms with Gasteiger partial charge in [-0.15, -0.1) is 11.3 Å². The lowest BCUT2D eigenvalue weighted by molar-refractivity contribution is 0.0944. The summed E-state index contributed by atoms with van der Waals surface area (Å²) in [6.45, 7) is 5.76. The molecule has 0 bridgehead atoms. The molecular formula is C11H15ClN2OS2. The van der Waals surface area contributed by atoms with Crippen LogP contribution in [0.25, 0.3) is 0 Å². The third kappa shape index (κ3) is 3.40. The van der Waals surface area contributed by atoms with E-state index in [1.54, 1.807) is 0 Å². The van der Waals surface area contributed by atoms with Crippen molar-refractivity contribution in [3.05, 3.63) is 20.8 Å². The quantitative estimate of drug-likeness (QED) is 0.839. The third-order valence-electron chi connectivity index (χ3n) is 2.37. The Labute approximate surface area is 115 Å². The highest BCUT2D eigenvalue weighted by Crippen LogP contribution is 2.27. The number of amides is 1. The van der Waals surface area contributed by atoms with Gasteiger partial charge in [-0.05, 0) is 23.8 Å². The van der Waals surface area contributed by atoms with Crippen LogP contribution in [0.15, 0.2) is 5.38 Å². The van der Waals surface area contributed by atoms with Gasteiger partial charge in [-0.2, -0.15) is 0 Å². The molecule has 3 nitrogen and oxygen atoms in total. The molecule has 0 saturated carbocycles. The zero-order valence-electron chi connectivity index (χ0n) is 9.91. The molecule has 1 heterocycles. The van der Waals surface area contributed by atoms with Crippen LogP contribution < -0.4 is 11.1 Å². The van der Waals surface area contributed by atoms with Crippen LogP contribution in [0.4, 0.5) is 0 Å². The minimum absolute atomic E-state index is 0.149. The first-order valence-electron chi connectivity index (χ1n) is 5.18. The van der Waals surface area contributed by atoms with Gasteiger partial charge in [0, 0.05) is 0 Å². The second-order valence-corrected chi connectivity index (χ2v) is 5.89. The van der Waals surface area contributed by atoms with Gasteiger partial charge in [0.15, 0.2) is 0 Å². The molecule has 0 fully saturated rings. The van der Waals surface area contributed by atoms with Crippen LogP contribution in [-0.4, -0.2) is 16.9 Å². The summed E-state index contributed by atoms with van der Waals surface area (Å²) < 4.78 is 0. The van der Waals surface area contributed by atoms with E-state index in [4.69, 9.17) is 29.6 Å². The molecule has 1 amide bonds. The second kappa shape index (κ2) is 5.80. The average Bonchev–Trinajstić information content (AvgIpc) is 2.55. The van der Waals surface area contributed by atoms with Crippen LogP contribution in [0.5, 0.6) is 0 Å². The fourth-order valence-corrected chi connectivity index (χ4v) is 2.87. The van der Waals surface area contributed by atoms with Crippen molar-refractivity contribution in [3.8, 4) is 0 Å². The van der Waals surface area contributed by atoms with Crippen molar-refractivity contribution in [1.29, 1.82) is 0 Å². The van der Waals surface area contributed by atoms with Crippen molar-refractivity contribution >= 4 is 46.1 Å². The van der Waals surface area contributed by atoms with E-state index in [1.807, 2.05) is 26.2 Å². The van der Waals surface area contributed by atoms with Gasteiger partial charge in [0.25, 0.3) is 5.91 Å². The molecule has 17 heavy (non-hydrogen) atoms. The number of thiocarbonyl (C=S) groups is 1. The van der Waals surface area contributed by atoms with Crippen LogP contribution in [0.3, 0.4) is 0 Å². The Kier molecular flexibility index (Phi) is 4.91. The van der Waals surface area contributed by atoms with E-state index < -0.39 is 0 Å². The van der Waals surface area contributed by atoms with Gasteiger partial charge >= 0.3 is 0 Å². The van der Waals surface area contributed by atoms with Gasteiger partial charge in [0.1, 0.15) is 4.88 Å². The number of aryl methyl sites for hydroxylation is 1. The summed E-state index contributed by atoms with van der Waals surface area (Å²) in [5.41, 5.74) is 6.50. The summed E-state index contributed by atoms with van der Waals surface area (Å²) in [6.07, 6.45) is 0. The summed E-state index contributed by atoms with van der Waals surface area (Å²) in [5, 5.41) is 5.15. The largest absolute Gasteiger partial charge is 0.392 e.